The van der Waals surface area contributed by atoms with Gasteiger partial charge in [-0.1, -0.05) is 23.7 Å². The van der Waals surface area contributed by atoms with Crippen LogP contribution in [0.15, 0.2) is 53.9 Å². The fraction of sp³-hybridized carbons (Fsp3) is 0.150. The van der Waals surface area contributed by atoms with Gasteiger partial charge in [0.05, 0.1) is 26.9 Å². The first-order valence-electron chi connectivity index (χ1n) is 8.67. The highest BCUT2D eigenvalue weighted by Gasteiger charge is 2.21. The average Bonchev–Trinajstić information content (AvgIpc) is 3.16. The highest BCUT2D eigenvalue weighted by atomic mass is 35.5. The predicted molar refractivity (Wildman–Crippen MR) is 112 cm³/mol. The van der Waals surface area contributed by atoms with Crippen molar-refractivity contribution in [1.29, 1.82) is 0 Å². The molecule has 0 saturated carbocycles. The summed E-state index contributed by atoms with van der Waals surface area (Å²) in [5, 5.41) is 15.9. The van der Waals surface area contributed by atoms with Crippen LogP contribution < -0.4 is 10.2 Å². The van der Waals surface area contributed by atoms with Crippen molar-refractivity contribution in [2.75, 3.05) is 16.8 Å². The number of halogens is 1. The molecule has 0 fully saturated rings. The molecule has 0 atom stereocenters. The molecule has 28 heavy (non-hydrogen) atoms. The van der Waals surface area contributed by atoms with Crippen molar-refractivity contribution in [2.24, 2.45) is 0 Å². The lowest BCUT2D eigenvalue weighted by atomic mass is 10.1. The first-order valence-corrected chi connectivity index (χ1v) is 9.93. The standard InChI is InChI=1S/C20H16ClN3O3S/c21-16-11-14(24(26)27)5-6-15(16)20(25)22-17-3-1-2-4-18(17)23-9-7-19-13(12-23)8-10-28-19/h1-6,8,10-11H,7,9,12H2,(H,22,25). The van der Waals surface area contributed by atoms with Crippen molar-refractivity contribution in [3.63, 3.8) is 0 Å². The maximum absolute atomic E-state index is 12.7. The smallest absolute Gasteiger partial charge is 0.270 e. The van der Waals surface area contributed by atoms with Crippen molar-refractivity contribution in [3.05, 3.63) is 85.1 Å². The summed E-state index contributed by atoms with van der Waals surface area (Å²) in [6.07, 6.45) is 0.976. The Labute approximate surface area is 170 Å². The van der Waals surface area contributed by atoms with E-state index in [1.807, 2.05) is 24.3 Å². The van der Waals surface area contributed by atoms with Gasteiger partial charge in [-0.25, -0.2) is 0 Å². The monoisotopic (exact) mass is 413 g/mol. The number of nitro benzene ring substituents is 1. The summed E-state index contributed by atoms with van der Waals surface area (Å²) < 4.78 is 0. The zero-order valence-corrected chi connectivity index (χ0v) is 16.3. The number of carbonyl (C=O) groups excluding carboxylic acids is 1. The molecule has 0 spiro atoms. The summed E-state index contributed by atoms with van der Waals surface area (Å²) in [4.78, 5) is 26.7. The number of non-ortho nitro benzene ring substituents is 1. The number of nitro groups is 1. The van der Waals surface area contributed by atoms with Crippen LogP contribution in [0, 0.1) is 10.1 Å². The maximum Gasteiger partial charge on any atom is 0.270 e. The predicted octanol–water partition coefficient (Wildman–Crippen LogP) is 5.12. The van der Waals surface area contributed by atoms with Gasteiger partial charge >= 0.3 is 0 Å². The summed E-state index contributed by atoms with van der Waals surface area (Å²) in [5.74, 6) is -0.402. The molecule has 0 saturated heterocycles. The van der Waals surface area contributed by atoms with Crippen LogP contribution in [0.4, 0.5) is 17.1 Å². The maximum atomic E-state index is 12.7. The van der Waals surface area contributed by atoms with Gasteiger partial charge in [0.2, 0.25) is 0 Å². The number of hydrogen-bond donors (Lipinski definition) is 1. The Balaban J connectivity index is 1.58. The van der Waals surface area contributed by atoms with E-state index < -0.39 is 10.8 Å². The fourth-order valence-corrected chi connectivity index (χ4v) is 4.45. The minimum absolute atomic E-state index is 0.0464. The van der Waals surface area contributed by atoms with Gasteiger partial charge < -0.3 is 10.2 Å². The molecule has 3 aromatic rings. The molecule has 1 amide bonds. The van der Waals surface area contributed by atoms with Crippen LogP contribution in [0.3, 0.4) is 0 Å². The summed E-state index contributed by atoms with van der Waals surface area (Å²) in [6.45, 7) is 1.67. The van der Waals surface area contributed by atoms with Crippen LogP contribution in [0.1, 0.15) is 20.8 Å². The number of carbonyl (C=O) groups is 1. The van der Waals surface area contributed by atoms with E-state index in [0.717, 1.165) is 25.2 Å². The summed E-state index contributed by atoms with van der Waals surface area (Å²) in [5.41, 5.74) is 2.98. The van der Waals surface area contributed by atoms with E-state index in [4.69, 9.17) is 11.6 Å². The number of nitrogens with one attached hydrogen (secondary N) is 1. The number of rotatable bonds is 4. The molecule has 1 aliphatic rings. The van der Waals surface area contributed by atoms with E-state index in [-0.39, 0.29) is 16.3 Å². The molecular formula is C20H16ClN3O3S. The van der Waals surface area contributed by atoms with Crippen LogP contribution >= 0.6 is 22.9 Å². The van der Waals surface area contributed by atoms with E-state index >= 15 is 0 Å². The minimum atomic E-state index is -0.544. The van der Waals surface area contributed by atoms with Gasteiger partial charge in [0.1, 0.15) is 0 Å². The molecule has 8 heteroatoms. The number of fused-ring (bicyclic) bond motifs is 1. The van der Waals surface area contributed by atoms with Crippen molar-refractivity contribution in [2.45, 2.75) is 13.0 Å². The molecule has 0 bridgehead atoms. The first-order chi connectivity index (χ1) is 13.5. The molecule has 142 valence electrons. The molecule has 2 aromatic carbocycles. The number of nitrogens with zero attached hydrogens (tertiary/aromatic N) is 2. The lowest BCUT2D eigenvalue weighted by Crippen LogP contribution is -2.30. The summed E-state index contributed by atoms with van der Waals surface area (Å²) >= 11 is 7.87. The Morgan fingerprint density at radius 2 is 2.04 bits per heavy atom. The Kier molecular flexibility index (Phi) is 5.02. The highest BCUT2D eigenvalue weighted by molar-refractivity contribution is 7.10. The van der Waals surface area contributed by atoms with E-state index in [1.165, 1.54) is 28.6 Å². The van der Waals surface area contributed by atoms with Crippen LogP contribution in [-0.4, -0.2) is 17.4 Å². The largest absolute Gasteiger partial charge is 0.365 e. The van der Waals surface area contributed by atoms with Crippen molar-refractivity contribution >= 4 is 45.9 Å². The number of hydrogen-bond acceptors (Lipinski definition) is 5. The van der Waals surface area contributed by atoms with E-state index in [1.54, 1.807) is 11.3 Å². The van der Waals surface area contributed by atoms with Gasteiger partial charge in [0.15, 0.2) is 0 Å². The zero-order valence-electron chi connectivity index (χ0n) is 14.7. The van der Waals surface area contributed by atoms with Crippen LogP contribution in [-0.2, 0) is 13.0 Å². The molecule has 1 aromatic heterocycles. The number of anilines is 2. The van der Waals surface area contributed by atoms with Gasteiger partial charge in [0, 0.05) is 30.1 Å². The van der Waals surface area contributed by atoms with E-state index in [9.17, 15) is 14.9 Å². The van der Waals surface area contributed by atoms with Crippen molar-refractivity contribution < 1.29 is 9.72 Å². The molecule has 2 heterocycles. The summed E-state index contributed by atoms with van der Waals surface area (Å²) in [7, 11) is 0. The molecule has 6 nitrogen and oxygen atoms in total. The van der Waals surface area contributed by atoms with Gasteiger partial charge in [-0.2, -0.15) is 0 Å². The van der Waals surface area contributed by atoms with Crippen LogP contribution in [0.2, 0.25) is 5.02 Å². The highest BCUT2D eigenvalue weighted by Crippen LogP contribution is 2.33. The Hall–Kier alpha value is -2.90. The Bertz CT molecular complexity index is 1070. The zero-order chi connectivity index (χ0) is 19.7. The first kappa shape index (κ1) is 18.5. The Morgan fingerprint density at radius 1 is 1.21 bits per heavy atom. The second-order valence-corrected chi connectivity index (χ2v) is 7.84. The lowest BCUT2D eigenvalue weighted by molar-refractivity contribution is -0.384. The minimum Gasteiger partial charge on any atom is -0.365 e. The summed E-state index contributed by atoms with van der Waals surface area (Å²) in [6, 6.07) is 13.6. The van der Waals surface area contributed by atoms with Gasteiger partial charge in [-0.15, -0.1) is 11.3 Å². The molecule has 4 rings (SSSR count). The van der Waals surface area contributed by atoms with Gasteiger partial charge in [-0.3, -0.25) is 14.9 Å². The van der Waals surface area contributed by atoms with Gasteiger partial charge in [-0.05, 0) is 41.6 Å². The Morgan fingerprint density at radius 3 is 2.82 bits per heavy atom. The third-order valence-electron chi connectivity index (χ3n) is 4.71. The SMILES string of the molecule is O=C(Nc1ccccc1N1CCc2sccc2C1)c1ccc([N+](=O)[O-])cc1Cl. The topological polar surface area (TPSA) is 75.5 Å². The molecule has 1 aliphatic heterocycles. The van der Waals surface area contributed by atoms with Crippen LogP contribution in [0.25, 0.3) is 0 Å². The van der Waals surface area contributed by atoms with Gasteiger partial charge in [0.25, 0.3) is 11.6 Å². The quantitative estimate of drug-likeness (QED) is 0.475. The molecule has 0 unspecified atom stereocenters. The number of amides is 1. The average molecular weight is 414 g/mol. The molecular weight excluding hydrogens is 398 g/mol. The van der Waals surface area contributed by atoms with Crippen molar-refractivity contribution in [3.8, 4) is 0 Å². The molecule has 0 radical (unpaired) electrons. The third-order valence-corrected chi connectivity index (χ3v) is 6.04. The second-order valence-electron chi connectivity index (χ2n) is 6.43. The third kappa shape index (κ3) is 3.58. The number of thiophene rings is 1. The van der Waals surface area contributed by atoms with E-state index in [0.29, 0.717) is 5.69 Å². The molecule has 1 N–H and O–H groups in total. The molecule has 0 aliphatic carbocycles. The van der Waals surface area contributed by atoms with E-state index in [2.05, 4.69) is 21.7 Å². The normalized spacial score (nSPS) is 13.1. The van der Waals surface area contributed by atoms with Crippen molar-refractivity contribution in [1.82, 2.24) is 0 Å². The fourth-order valence-electron chi connectivity index (χ4n) is 3.30. The second kappa shape index (κ2) is 7.61. The number of benzene rings is 2. The number of para-hydroxylation sites is 2. The van der Waals surface area contributed by atoms with Crippen LogP contribution in [0.5, 0.6) is 0 Å². The lowest BCUT2D eigenvalue weighted by Gasteiger charge is -2.30.